The Morgan fingerprint density at radius 1 is 1.43 bits per heavy atom. The van der Waals surface area contributed by atoms with Gasteiger partial charge in [0.2, 0.25) is 0 Å². The maximum atomic E-state index is 11.9. The second-order valence-electron chi connectivity index (χ2n) is 3.99. The Morgan fingerprint density at radius 2 is 2.00 bits per heavy atom. The van der Waals surface area contributed by atoms with Gasteiger partial charge in [-0.05, 0) is 25.8 Å². The first-order valence-electron chi connectivity index (χ1n) is 4.91. The summed E-state index contributed by atoms with van der Waals surface area (Å²) in [6.45, 7) is 0.515. The van der Waals surface area contributed by atoms with Gasteiger partial charge in [-0.25, -0.2) is 0 Å². The Morgan fingerprint density at radius 3 is 2.36 bits per heavy atom. The molecule has 2 N–H and O–H groups in total. The maximum absolute atomic E-state index is 11.9. The molecular weight excluding hydrogens is 193 g/mol. The van der Waals surface area contributed by atoms with E-state index in [0.29, 0.717) is 12.5 Å². The minimum absolute atomic E-state index is 0.0574. The molecule has 1 rings (SSSR count). The monoisotopic (exact) mass is 210 g/mol. The number of alkyl halides is 3. The fraction of sp³-hybridized carbons (Fsp3) is 1.00. The normalized spacial score (nSPS) is 20.1. The van der Waals surface area contributed by atoms with E-state index in [1.54, 1.807) is 11.9 Å². The molecule has 84 valence electrons. The van der Waals surface area contributed by atoms with Crippen LogP contribution in [0.15, 0.2) is 0 Å². The summed E-state index contributed by atoms with van der Waals surface area (Å²) in [7, 11) is 1.72. The van der Waals surface area contributed by atoms with Crippen LogP contribution in [0.5, 0.6) is 0 Å². The zero-order valence-electron chi connectivity index (χ0n) is 8.35. The van der Waals surface area contributed by atoms with E-state index < -0.39 is 12.6 Å². The average molecular weight is 210 g/mol. The zero-order chi connectivity index (χ0) is 10.8. The molecule has 0 saturated heterocycles. The largest absolute Gasteiger partial charge is 0.390 e. The Bertz CT molecular complexity index is 177. The molecule has 0 aliphatic heterocycles. The number of hydrogen-bond acceptors (Lipinski definition) is 2. The number of likely N-dealkylation sites (N-methyl/N-ethyl adjacent to an activating group) is 1. The third-order valence-electron chi connectivity index (χ3n) is 2.72. The first-order chi connectivity index (χ1) is 6.44. The van der Waals surface area contributed by atoms with Crippen molar-refractivity contribution < 1.29 is 13.2 Å². The van der Waals surface area contributed by atoms with E-state index in [9.17, 15) is 13.2 Å². The molecule has 5 heteroatoms. The highest BCUT2D eigenvalue weighted by Gasteiger charge is 2.34. The van der Waals surface area contributed by atoms with Gasteiger partial charge in [0, 0.05) is 19.1 Å². The molecule has 1 aliphatic rings. The van der Waals surface area contributed by atoms with E-state index in [1.165, 1.54) is 0 Å². The Balaban J connectivity index is 2.28. The standard InChI is InChI=1S/C9H17F3N2/c1-14(5-4-9(10,11)12)8(6-13)7-2-3-7/h7-8H,2-6,13H2,1H3. The lowest BCUT2D eigenvalue weighted by molar-refractivity contribution is -0.138. The van der Waals surface area contributed by atoms with Gasteiger partial charge in [-0.3, -0.25) is 0 Å². The highest BCUT2D eigenvalue weighted by Crippen LogP contribution is 2.34. The highest BCUT2D eigenvalue weighted by molar-refractivity contribution is 4.87. The van der Waals surface area contributed by atoms with Crippen molar-refractivity contribution in [3.8, 4) is 0 Å². The summed E-state index contributed by atoms with van der Waals surface area (Å²) in [6, 6.07) is 0.136. The van der Waals surface area contributed by atoms with Gasteiger partial charge in [0.05, 0.1) is 6.42 Å². The van der Waals surface area contributed by atoms with Gasteiger partial charge in [0.25, 0.3) is 0 Å². The SMILES string of the molecule is CN(CCC(F)(F)F)C(CN)C1CC1. The minimum Gasteiger partial charge on any atom is -0.329 e. The summed E-state index contributed by atoms with van der Waals surface area (Å²) in [5.74, 6) is 0.526. The van der Waals surface area contributed by atoms with Crippen molar-refractivity contribution in [2.24, 2.45) is 11.7 Å². The molecule has 0 bridgehead atoms. The summed E-state index contributed by atoms with van der Waals surface area (Å²) < 4.78 is 35.8. The number of hydrogen-bond donors (Lipinski definition) is 1. The summed E-state index contributed by atoms with van der Waals surface area (Å²) >= 11 is 0. The summed E-state index contributed by atoms with van der Waals surface area (Å²) in [4.78, 5) is 1.74. The van der Waals surface area contributed by atoms with E-state index in [-0.39, 0.29) is 12.6 Å². The molecule has 14 heavy (non-hydrogen) atoms. The molecule has 1 fully saturated rings. The molecule has 0 amide bonds. The molecule has 0 spiro atoms. The second kappa shape index (κ2) is 4.49. The van der Waals surface area contributed by atoms with Crippen LogP contribution in [0.4, 0.5) is 13.2 Å². The molecule has 1 atom stereocenters. The smallest absolute Gasteiger partial charge is 0.329 e. The van der Waals surface area contributed by atoms with Gasteiger partial charge in [0.15, 0.2) is 0 Å². The predicted molar refractivity (Wildman–Crippen MR) is 48.9 cm³/mol. The summed E-state index contributed by atoms with van der Waals surface area (Å²) in [5, 5.41) is 0. The highest BCUT2D eigenvalue weighted by atomic mass is 19.4. The van der Waals surface area contributed by atoms with E-state index in [1.807, 2.05) is 0 Å². The van der Waals surface area contributed by atoms with Crippen molar-refractivity contribution in [1.29, 1.82) is 0 Å². The average Bonchev–Trinajstić information content (AvgIpc) is 2.85. The third kappa shape index (κ3) is 3.84. The van der Waals surface area contributed by atoms with E-state index in [2.05, 4.69) is 0 Å². The lowest BCUT2D eigenvalue weighted by Crippen LogP contribution is -2.41. The molecule has 1 saturated carbocycles. The van der Waals surface area contributed by atoms with Crippen molar-refractivity contribution in [2.75, 3.05) is 20.1 Å². The molecule has 0 aromatic carbocycles. The Kier molecular flexibility index (Phi) is 3.78. The van der Waals surface area contributed by atoms with Gasteiger partial charge in [-0.2, -0.15) is 13.2 Å². The van der Waals surface area contributed by atoms with Crippen LogP contribution >= 0.6 is 0 Å². The van der Waals surface area contributed by atoms with Gasteiger partial charge in [-0.1, -0.05) is 0 Å². The molecule has 0 radical (unpaired) electrons. The van der Waals surface area contributed by atoms with Crippen LogP contribution in [0.1, 0.15) is 19.3 Å². The summed E-state index contributed by atoms with van der Waals surface area (Å²) in [5.41, 5.74) is 5.53. The molecule has 0 aromatic rings. The molecule has 2 nitrogen and oxygen atoms in total. The minimum atomic E-state index is -4.06. The van der Waals surface area contributed by atoms with E-state index >= 15 is 0 Å². The van der Waals surface area contributed by atoms with Crippen LogP contribution in [-0.2, 0) is 0 Å². The second-order valence-corrected chi connectivity index (χ2v) is 3.99. The molecule has 1 aliphatic carbocycles. The predicted octanol–water partition coefficient (Wildman–Crippen LogP) is 1.61. The van der Waals surface area contributed by atoms with Crippen LogP contribution < -0.4 is 5.73 Å². The van der Waals surface area contributed by atoms with Gasteiger partial charge < -0.3 is 10.6 Å². The van der Waals surface area contributed by atoms with Crippen molar-refractivity contribution in [1.82, 2.24) is 4.90 Å². The topological polar surface area (TPSA) is 29.3 Å². The summed E-state index contributed by atoms with van der Waals surface area (Å²) in [6.07, 6.45) is -2.58. The first-order valence-corrected chi connectivity index (χ1v) is 4.91. The van der Waals surface area contributed by atoms with Crippen LogP contribution in [0.3, 0.4) is 0 Å². The van der Waals surface area contributed by atoms with Crippen molar-refractivity contribution in [2.45, 2.75) is 31.5 Å². The number of nitrogens with zero attached hydrogens (tertiary/aromatic N) is 1. The van der Waals surface area contributed by atoms with Crippen LogP contribution in [0.25, 0.3) is 0 Å². The van der Waals surface area contributed by atoms with Crippen molar-refractivity contribution in [3.63, 3.8) is 0 Å². The van der Waals surface area contributed by atoms with E-state index in [0.717, 1.165) is 12.8 Å². The van der Waals surface area contributed by atoms with Crippen LogP contribution in [0, 0.1) is 5.92 Å². The van der Waals surface area contributed by atoms with Gasteiger partial charge in [0.1, 0.15) is 0 Å². The first kappa shape index (κ1) is 11.8. The van der Waals surface area contributed by atoms with Gasteiger partial charge >= 0.3 is 6.18 Å². The fourth-order valence-corrected chi connectivity index (χ4v) is 1.68. The third-order valence-corrected chi connectivity index (χ3v) is 2.72. The van der Waals surface area contributed by atoms with Crippen LogP contribution in [0.2, 0.25) is 0 Å². The zero-order valence-corrected chi connectivity index (χ0v) is 8.35. The maximum Gasteiger partial charge on any atom is 0.390 e. The lowest BCUT2D eigenvalue weighted by atomic mass is 10.1. The molecule has 0 heterocycles. The van der Waals surface area contributed by atoms with E-state index in [4.69, 9.17) is 5.73 Å². The quantitative estimate of drug-likeness (QED) is 0.747. The number of rotatable bonds is 5. The molecular formula is C9H17F3N2. The fourth-order valence-electron chi connectivity index (χ4n) is 1.68. The Hall–Kier alpha value is -0.290. The lowest BCUT2D eigenvalue weighted by Gasteiger charge is -2.27. The van der Waals surface area contributed by atoms with Crippen LogP contribution in [-0.4, -0.2) is 37.3 Å². The van der Waals surface area contributed by atoms with Crippen molar-refractivity contribution >= 4 is 0 Å². The number of halogens is 3. The molecule has 1 unspecified atom stereocenters. The van der Waals surface area contributed by atoms with Gasteiger partial charge in [-0.15, -0.1) is 0 Å². The Labute approximate surface area is 82.2 Å². The van der Waals surface area contributed by atoms with Crippen molar-refractivity contribution in [3.05, 3.63) is 0 Å². The molecule has 0 aromatic heterocycles. The number of nitrogens with two attached hydrogens (primary N) is 1.